The molecule has 22 heavy (non-hydrogen) atoms. The Morgan fingerprint density at radius 2 is 2.09 bits per heavy atom. The average molecular weight is 311 g/mol. The van der Waals surface area contributed by atoms with Crippen LogP contribution in [0.4, 0.5) is 5.69 Å². The van der Waals surface area contributed by atoms with Crippen LogP contribution in [0.15, 0.2) is 12.1 Å². The lowest BCUT2D eigenvalue weighted by Gasteiger charge is -2.13. The molecule has 0 aromatic heterocycles. The van der Waals surface area contributed by atoms with E-state index in [0.29, 0.717) is 13.2 Å². The van der Waals surface area contributed by atoms with Gasteiger partial charge in [0.2, 0.25) is 0 Å². The number of likely N-dealkylation sites (N-methyl/N-ethyl adjacent to an activating group) is 1. The van der Waals surface area contributed by atoms with E-state index in [0.717, 1.165) is 0 Å². The average Bonchev–Trinajstić information content (AvgIpc) is 2.51. The molecule has 0 aliphatic heterocycles. The Hall–Kier alpha value is -2.35. The quantitative estimate of drug-likeness (QED) is 0.555. The van der Waals surface area contributed by atoms with Crippen molar-refractivity contribution in [1.82, 2.24) is 10.6 Å². The largest absolute Gasteiger partial charge is 0.493 e. The standard InChI is InChI=1S/C14H21N3O5/c1-5-22-13-7-11(17(19)20)10(6-12(13)21-4)14(18)16-8-9(2)15-3/h6-7,9,15H,5,8H2,1-4H3,(H,16,18). The molecule has 0 radical (unpaired) electrons. The number of rotatable bonds is 8. The molecule has 0 aliphatic carbocycles. The van der Waals surface area contributed by atoms with Crippen molar-refractivity contribution in [2.45, 2.75) is 19.9 Å². The second-order valence-corrected chi connectivity index (χ2v) is 4.61. The molecule has 1 amide bonds. The highest BCUT2D eigenvalue weighted by molar-refractivity contribution is 5.99. The Bertz CT molecular complexity index is 548. The van der Waals surface area contributed by atoms with Gasteiger partial charge < -0.3 is 20.1 Å². The van der Waals surface area contributed by atoms with Crippen molar-refractivity contribution < 1.29 is 19.2 Å². The first-order chi connectivity index (χ1) is 10.4. The van der Waals surface area contributed by atoms with Crippen molar-refractivity contribution in [3.05, 3.63) is 27.8 Å². The summed E-state index contributed by atoms with van der Waals surface area (Å²) >= 11 is 0. The molecule has 2 N–H and O–H groups in total. The summed E-state index contributed by atoms with van der Waals surface area (Å²) in [6, 6.07) is 2.58. The summed E-state index contributed by atoms with van der Waals surface area (Å²) in [5, 5.41) is 16.8. The molecule has 1 unspecified atom stereocenters. The molecule has 0 saturated heterocycles. The molecule has 1 aromatic rings. The highest BCUT2D eigenvalue weighted by Crippen LogP contribution is 2.34. The van der Waals surface area contributed by atoms with Crippen LogP contribution < -0.4 is 20.1 Å². The minimum atomic E-state index is -0.613. The van der Waals surface area contributed by atoms with Crippen LogP contribution in [0, 0.1) is 10.1 Å². The highest BCUT2D eigenvalue weighted by Gasteiger charge is 2.24. The lowest BCUT2D eigenvalue weighted by molar-refractivity contribution is -0.385. The number of nitrogens with one attached hydrogen (secondary N) is 2. The maximum Gasteiger partial charge on any atom is 0.286 e. The fraction of sp³-hybridized carbons (Fsp3) is 0.500. The van der Waals surface area contributed by atoms with E-state index in [-0.39, 0.29) is 28.8 Å². The third-order valence-electron chi connectivity index (χ3n) is 3.08. The summed E-state index contributed by atoms with van der Waals surface area (Å²) in [7, 11) is 3.17. The molecule has 0 fully saturated rings. The second kappa shape index (κ2) is 8.18. The van der Waals surface area contributed by atoms with E-state index in [9.17, 15) is 14.9 Å². The van der Waals surface area contributed by atoms with Crippen LogP contribution in [0.1, 0.15) is 24.2 Å². The van der Waals surface area contributed by atoms with Gasteiger partial charge in [0.05, 0.1) is 24.7 Å². The topological polar surface area (TPSA) is 103 Å². The number of amides is 1. The maximum absolute atomic E-state index is 12.2. The van der Waals surface area contributed by atoms with Crippen molar-refractivity contribution in [3.63, 3.8) is 0 Å². The molecular formula is C14H21N3O5. The zero-order valence-electron chi connectivity index (χ0n) is 13.1. The summed E-state index contributed by atoms with van der Waals surface area (Å²) in [6.07, 6.45) is 0. The van der Waals surface area contributed by atoms with E-state index in [2.05, 4.69) is 10.6 Å². The second-order valence-electron chi connectivity index (χ2n) is 4.61. The summed E-state index contributed by atoms with van der Waals surface area (Å²) in [6.45, 7) is 4.32. The van der Waals surface area contributed by atoms with E-state index in [1.807, 2.05) is 6.92 Å². The Morgan fingerprint density at radius 1 is 1.41 bits per heavy atom. The predicted octanol–water partition coefficient (Wildman–Crippen LogP) is 1.34. The van der Waals surface area contributed by atoms with Gasteiger partial charge in [-0.15, -0.1) is 0 Å². The molecule has 1 aromatic carbocycles. The molecule has 8 heteroatoms. The molecular weight excluding hydrogens is 290 g/mol. The number of hydrogen-bond acceptors (Lipinski definition) is 6. The van der Waals surface area contributed by atoms with Crippen LogP contribution in [0.5, 0.6) is 11.5 Å². The Labute approximate surface area is 128 Å². The van der Waals surface area contributed by atoms with Gasteiger partial charge in [-0.25, -0.2) is 0 Å². The smallest absolute Gasteiger partial charge is 0.286 e. The van der Waals surface area contributed by atoms with Crippen LogP contribution in [0.2, 0.25) is 0 Å². The summed E-state index contributed by atoms with van der Waals surface area (Å²) in [4.78, 5) is 22.8. The van der Waals surface area contributed by atoms with Gasteiger partial charge in [0, 0.05) is 18.7 Å². The molecule has 0 heterocycles. The monoisotopic (exact) mass is 311 g/mol. The Kier molecular flexibility index (Phi) is 6.58. The van der Waals surface area contributed by atoms with Gasteiger partial charge in [0.25, 0.3) is 11.6 Å². The molecule has 0 spiro atoms. The number of methoxy groups -OCH3 is 1. The van der Waals surface area contributed by atoms with Gasteiger partial charge >= 0.3 is 0 Å². The Morgan fingerprint density at radius 3 is 2.59 bits per heavy atom. The molecule has 8 nitrogen and oxygen atoms in total. The van der Waals surface area contributed by atoms with E-state index in [1.54, 1.807) is 14.0 Å². The van der Waals surface area contributed by atoms with Gasteiger partial charge in [-0.1, -0.05) is 0 Å². The van der Waals surface area contributed by atoms with Gasteiger partial charge in [-0.05, 0) is 20.9 Å². The first-order valence-electron chi connectivity index (χ1n) is 6.89. The molecule has 0 bridgehead atoms. The molecule has 122 valence electrons. The number of carbonyl (C=O) groups excluding carboxylic acids is 1. The van der Waals surface area contributed by atoms with Crippen molar-refractivity contribution in [3.8, 4) is 11.5 Å². The Balaban J connectivity index is 3.15. The third-order valence-corrected chi connectivity index (χ3v) is 3.08. The summed E-state index contributed by atoms with van der Waals surface area (Å²) in [5.74, 6) is -0.0220. The molecule has 1 rings (SSSR count). The van der Waals surface area contributed by atoms with E-state index in [1.165, 1.54) is 19.2 Å². The van der Waals surface area contributed by atoms with Crippen LogP contribution in [-0.2, 0) is 0 Å². The van der Waals surface area contributed by atoms with Crippen molar-refractivity contribution in [2.24, 2.45) is 0 Å². The lowest BCUT2D eigenvalue weighted by atomic mass is 10.1. The fourth-order valence-corrected chi connectivity index (χ4v) is 1.75. The van der Waals surface area contributed by atoms with Gasteiger partial charge in [0.1, 0.15) is 5.56 Å². The van der Waals surface area contributed by atoms with E-state index in [4.69, 9.17) is 9.47 Å². The maximum atomic E-state index is 12.2. The van der Waals surface area contributed by atoms with Crippen LogP contribution >= 0.6 is 0 Å². The van der Waals surface area contributed by atoms with Crippen LogP contribution in [-0.4, -0.2) is 44.2 Å². The highest BCUT2D eigenvalue weighted by atomic mass is 16.6. The predicted molar refractivity (Wildman–Crippen MR) is 81.7 cm³/mol. The third kappa shape index (κ3) is 4.32. The minimum absolute atomic E-state index is 0.0487. The number of hydrogen-bond donors (Lipinski definition) is 2. The van der Waals surface area contributed by atoms with Gasteiger partial charge in [0.15, 0.2) is 11.5 Å². The SMILES string of the molecule is CCOc1cc([N+](=O)[O-])c(C(=O)NCC(C)NC)cc1OC. The summed E-state index contributed by atoms with van der Waals surface area (Å²) in [5.41, 5.74) is -0.382. The van der Waals surface area contributed by atoms with E-state index < -0.39 is 10.8 Å². The van der Waals surface area contributed by atoms with Crippen LogP contribution in [0.3, 0.4) is 0 Å². The van der Waals surface area contributed by atoms with Crippen molar-refractivity contribution in [1.29, 1.82) is 0 Å². The summed E-state index contributed by atoms with van der Waals surface area (Å²) < 4.78 is 10.4. The lowest BCUT2D eigenvalue weighted by Crippen LogP contribution is -2.37. The molecule has 0 aliphatic rings. The number of nitro groups is 1. The normalized spacial score (nSPS) is 11.6. The number of nitro benzene ring substituents is 1. The van der Waals surface area contributed by atoms with Crippen LogP contribution in [0.25, 0.3) is 0 Å². The van der Waals surface area contributed by atoms with E-state index >= 15 is 0 Å². The zero-order chi connectivity index (χ0) is 16.7. The number of benzene rings is 1. The molecule has 1 atom stereocenters. The first-order valence-corrected chi connectivity index (χ1v) is 6.89. The fourth-order valence-electron chi connectivity index (χ4n) is 1.75. The first kappa shape index (κ1) is 17.7. The molecule has 0 saturated carbocycles. The minimum Gasteiger partial charge on any atom is -0.493 e. The van der Waals surface area contributed by atoms with Crippen molar-refractivity contribution in [2.75, 3.05) is 27.3 Å². The van der Waals surface area contributed by atoms with Gasteiger partial charge in [-0.2, -0.15) is 0 Å². The zero-order valence-corrected chi connectivity index (χ0v) is 13.1. The number of ether oxygens (including phenoxy) is 2. The van der Waals surface area contributed by atoms with Gasteiger partial charge in [-0.3, -0.25) is 14.9 Å². The number of carbonyl (C=O) groups is 1. The number of nitrogens with zero attached hydrogens (tertiary/aromatic N) is 1. The van der Waals surface area contributed by atoms with Crippen molar-refractivity contribution >= 4 is 11.6 Å².